The van der Waals surface area contributed by atoms with Crippen molar-refractivity contribution >= 4 is 93.3 Å². The fraction of sp³-hybridized carbons (Fsp3) is 0. The highest BCUT2D eigenvalue weighted by Crippen LogP contribution is 2.48. The molecule has 0 unspecified atom stereocenters. The molecule has 12 rings (SSSR count). The minimum Gasteiger partial charge on any atom is -0.456 e. The molecule has 0 aliphatic heterocycles. The molecule has 0 spiro atoms. The SMILES string of the molecule is c1ccc2c(-c3ccc(N(c4ccc(-c5cccc6oc7ccccc7c56)cc4)c4ccc5c(ccc6ccccc65)c4)c4c3oc3ccccc34)cccc2c1. The van der Waals surface area contributed by atoms with Crippen molar-refractivity contribution in [1.82, 2.24) is 0 Å². The Labute approximate surface area is 328 Å². The zero-order valence-corrected chi connectivity index (χ0v) is 30.8. The van der Waals surface area contributed by atoms with Crippen LogP contribution in [0.3, 0.4) is 0 Å². The van der Waals surface area contributed by atoms with Crippen LogP contribution >= 0.6 is 0 Å². The van der Waals surface area contributed by atoms with Crippen LogP contribution in [0.4, 0.5) is 17.1 Å². The van der Waals surface area contributed by atoms with E-state index in [1.54, 1.807) is 0 Å². The van der Waals surface area contributed by atoms with Crippen LogP contribution in [-0.2, 0) is 0 Å². The van der Waals surface area contributed by atoms with Crippen molar-refractivity contribution in [1.29, 1.82) is 0 Å². The monoisotopic (exact) mass is 727 g/mol. The van der Waals surface area contributed by atoms with Gasteiger partial charge in [-0.3, -0.25) is 0 Å². The summed E-state index contributed by atoms with van der Waals surface area (Å²) < 4.78 is 13.1. The predicted octanol–water partition coefficient (Wildman–Crippen LogP) is 15.7. The molecule has 12 aromatic rings. The third kappa shape index (κ3) is 4.92. The van der Waals surface area contributed by atoms with Crippen molar-refractivity contribution < 1.29 is 8.83 Å². The summed E-state index contributed by atoms with van der Waals surface area (Å²) in [5.74, 6) is 0. The molecule has 0 atom stereocenters. The first-order valence-corrected chi connectivity index (χ1v) is 19.4. The highest BCUT2D eigenvalue weighted by Gasteiger charge is 2.23. The lowest BCUT2D eigenvalue weighted by molar-refractivity contribution is 0.669. The molecule has 3 nitrogen and oxygen atoms in total. The van der Waals surface area contributed by atoms with E-state index in [-0.39, 0.29) is 0 Å². The molecule has 0 saturated carbocycles. The Bertz CT molecular complexity index is 3530. The van der Waals surface area contributed by atoms with Crippen LogP contribution in [0.5, 0.6) is 0 Å². The molecule has 0 saturated heterocycles. The molecule has 0 aliphatic carbocycles. The summed E-state index contributed by atoms with van der Waals surface area (Å²) in [4.78, 5) is 2.39. The molecule has 266 valence electrons. The highest BCUT2D eigenvalue weighted by atomic mass is 16.3. The number of hydrogen-bond acceptors (Lipinski definition) is 3. The first-order chi connectivity index (χ1) is 28.3. The van der Waals surface area contributed by atoms with E-state index in [2.05, 4.69) is 193 Å². The van der Waals surface area contributed by atoms with Gasteiger partial charge in [-0.05, 0) is 104 Å². The van der Waals surface area contributed by atoms with E-state index >= 15 is 0 Å². The minimum absolute atomic E-state index is 0.863. The molecule has 0 amide bonds. The molecule has 0 N–H and O–H groups in total. The quantitative estimate of drug-likeness (QED) is 0.165. The molecular formula is C54H33NO2. The van der Waals surface area contributed by atoms with Crippen LogP contribution in [0.2, 0.25) is 0 Å². The first-order valence-electron chi connectivity index (χ1n) is 19.4. The van der Waals surface area contributed by atoms with E-state index in [1.165, 1.54) is 32.3 Å². The third-order valence-electron chi connectivity index (χ3n) is 11.7. The van der Waals surface area contributed by atoms with Crippen molar-refractivity contribution in [3.05, 3.63) is 200 Å². The Morgan fingerprint density at radius 2 is 0.895 bits per heavy atom. The molecule has 0 radical (unpaired) electrons. The second kappa shape index (κ2) is 12.5. The zero-order valence-electron chi connectivity index (χ0n) is 30.8. The van der Waals surface area contributed by atoms with Gasteiger partial charge in [-0.2, -0.15) is 0 Å². The van der Waals surface area contributed by atoms with Gasteiger partial charge in [-0.15, -0.1) is 0 Å². The number of benzene rings is 10. The first kappa shape index (κ1) is 31.7. The van der Waals surface area contributed by atoms with Gasteiger partial charge >= 0.3 is 0 Å². The fourth-order valence-corrected chi connectivity index (χ4v) is 9.04. The summed E-state index contributed by atoms with van der Waals surface area (Å²) in [6.45, 7) is 0. The number of fused-ring (bicyclic) bond motifs is 10. The number of nitrogens with zero attached hydrogens (tertiary/aromatic N) is 1. The second-order valence-electron chi connectivity index (χ2n) is 14.8. The summed E-state index contributed by atoms with van der Waals surface area (Å²) in [7, 11) is 0. The molecule has 0 fully saturated rings. The van der Waals surface area contributed by atoms with Gasteiger partial charge < -0.3 is 13.7 Å². The molecule has 2 heterocycles. The van der Waals surface area contributed by atoms with Crippen LogP contribution in [0, 0.1) is 0 Å². The average molecular weight is 728 g/mol. The van der Waals surface area contributed by atoms with Crippen molar-refractivity contribution in [2.45, 2.75) is 0 Å². The summed E-state index contributed by atoms with van der Waals surface area (Å²) in [5.41, 5.74) is 11.2. The lowest BCUT2D eigenvalue weighted by Crippen LogP contribution is -2.10. The Morgan fingerprint density at radius 1 is 0.316 bits per heavy atom. The number of para-hydroxylation sites is 2. The minimum atomic E-state index is 0.863. The Morgan fingerprint density at radius 3 is 1.72 bits per heavy atom. The molecule has 0 bridgehead atoms. The van der Waals surface area contributed by atoms with Crippen molar-refractivity contribution in [3.8, 4) is 22.3 Å². The molecule has 0 aliphatic rings. The summed E-state index contributed by atoms with van der Waals surface area (Å²) in [5, 5.41) is 11.7. The molecule has 3 heteroatoms. The van der Waals surface area contributed by atoms with Crippen LogP contribution in [0.25, 0.3) is 98.4 Å². The van der Waals surface area contributed by atoms with Gasteiger partial charge in [0.1, 0.15) is 22.3 Å². The van der Waals surface area contributed by atoms with Gasteiger partial charge in [0.05, 0.1) is 11.1 Å². The molecule has 10 aromatic carbocycles. The normalized spacial score (nSPS) is 11.9. The standard InChI is InChI=1S/C54H33NO2/c1-4-15-41-34(11-1)13-9-19-44(41)45-31-32-48(53-47-17-6-8-21-50(47)57-54(45)53)55(39-29-30-42-37(33-39)24-23-35-12-2-3-14-40(35)42)38-27-25-36(26-28-38)43-18-10-22-51-52(43)46-16-5-7-20-49(46)56-51/h1-33H. The largest absolute Gasteiger partial charge is 0.456 e. The molecule has 2 aromatic heterocycles. The third-order valence-corrected chi connectivity index (χ3v) is 11.7. The van der Waals surface area contributed by atoms with Crippen LogP contribution in [0.15, 0.2) is 209 Å². The Balaban J connectivity index is 1.10. The van der Waals surface area contributed by atoms with E-state index in [9.17, 15) is 0 Å². The average Bonchev–Trinajstić information content (AvgIpc) is 3.86. The molecular weight excluding hydrogens is 695 g/mol. The smallest absolute Gasteiger partial charge is 0.145 e. The van der Waals surface area contributed by atoms with Crippen molar-refractivity contribution in [2.24, 2.45) is 0 Å². The highest BCUT2D eigenvalue weighted by molar-refractivity contribution is 6.19. The lowest BCUT2D eigenvalue weighted by Gasteiger charge is -2.27. The van der Waals surface area contributed by atoms with Gasteiger partial charge in [0, 0.05) is 33.1 Å². The number of anilines is 3. The predicted molar refractivity (Wildman–Crippen MR) is 239 cm³/mol. The maximum absolute atomic E-state index is 6.88. The van der Waals surface area contributed by atoms with E-state index in [1.807, 2.05) is 12.1 Å². The van der Waals surface area contributed by atoms with E-state index < -0.39 is 0 Å². The summed E-state index contributed by atoms with van der Waals surface area (Å²) in [6.07, 6.45) is 0. The van der Waals surface area contributed by atoms with Gasteiger partial charge in [-0.25, -0.2) is 0 Å². The topological polar surface area (TPSA) is 29.5 Å². The number of hydrogen-bond donors (Lipinski definition) is 0. The maximum Gasteiger partial charge on any atom is 0.145 e. The van der Waals surface area contributed by atoms with Gasteiger partial charge in [0.25, 0.3) is 0 Å². The number of furan rings is 2. The van der Waals surface area contributed by atoms with E-state index in [0.717, 1.165) is 83.2 Å². The zero-order chi connectivity index (χ0) is 37.5. The maximum atomic E-state index is 6.88. The lowest BCUT2D eigenvalue weighted by atomic mass is 9.95. The van der Waals surface area contributed by atoms with E-state index in [0.29, 0.717) is 0 Å². The fourth-order valence-electron chi connectivity index (χ4n) is 9.04. The van der Waals surface area contributed by atoms with Crippen LogP contribution in [0.1, 0.15) is 0 Å². The molecule has 57 heavy (non-hydrogen) atoms. The van der Waals surface area contributed by atoms with Gasteiger partial charge in [0.2, 0.25) is 0 Å². The number of rotatable bonds is 5. The Kier molecular flexibility index (Phi) is 6.93. The Hall–Kier alpha value is -7.62. The van der Waals surface area contributed by atoms with Gasteiger partial charge in [0.15, 0.2) is 0 Å². The summed E-state index contributed by atoms with van der Waals surface area (Å²) >= 11 is 0. The van der Waals surface area contributed by atoms with Crippen molar-refractivity contribution in [3.63, 3.8) is 0 Å². The van der Waals surface area contributed by atoms with E-state index in [4.69, 9.17) is 8.83 Å². The van der Waals surface area contributed by atoms with Gasteiger partial charge in [-0.1, -0.05) is 146 Å². The summed E-state index contributed by atoms with van der Waals surface area (Å²) in [6, 6.07) is 71.5. The van der Waals surface area contributed by atoms with Crippen LogP contribution in [-0.4, -0.2) is 0 Å². The second-order valence-corrected chi connectivity index (χ2v) is 14.8. The van der Waals surface area contributed by atoms with Crippen LogP contribution < -0.4 is 4.90 Å². The van der Waals surface area contributed by atoms with Crippen molar-refractivity contribution in [2.75, 3.05) is 4.90 Å².